The van der Waals surface area contributed by atoms with Gasteiger partial charge in [-0.2, -0.15) is 4.31 Å². The maximum Gasteiger partial charge on any atom is 0.243 e. The molecule has 1 saturated heterocycles. The number of rotatable bonds is 6. The quantitative estimate of drug-likeness (QED) is 0.826. The average Bonchev–Trinajstić information content (AvgIpc) is 2.67. The van der Waals surface area contributed by atoms with Crippen molar-refractivity contribution in [2.45, 2.75) is 18.2 Å². The van der Waals surface area contributed by atoms with Crippen molar-refractivity contribution in [1.82, 2.24) is 9.21 Å². The molecule has 2 aromatic rings. The zero-order valence-corrected chi connectivity index (χ0v) is 16.3. The highest BCUT2D eigenvalue weighted by Crippen LogP contribution is 2.18. The highest BCUT2D eigenvalue weighted by Gasteiger charge is 2.28. The molecule has 3 rings (SSSR count). The molecular weight excluding hydrogens is 362 g/mol. The number of nitrogens with zero attached hydrogens (tertiary/aromatic N) is 2. The van der Waals surface area contributed by atoms with Gasteiger partial charge in [0.05, 0.1) is 4.90 Å². The van der Waals surface area contributed by atoms with Gasteiger partial charge in [-0.25, -0.2) is 8.42 Å². The Labute approximate surface area is 160 Å². The van der Waals surface area contributed by atoms with Crippen molar-refractivity contribution in [2.24, 2.45) is 0 Å². The summed E-state index contributed by atoms with van der Waals surface area (Å²) in [6.45, 7) is 4.65. The van der Waals surface area contributed by atoms with Crippen LogP contribution in [0.15, 0.2) is 59.5 Å². The third-order valence-electron chi connectivity index (χ3n) is 4.67. The number of para-hydroxylation sites is 1. The Morgan fingerprint density at radius 3 is 2.37 bits per heavy atom. The smallest absolute Gasteiger partial charge is 0.243 e. The molecule has 1 N–H and O–H groups in total. The van der Waals surface area contributed by atoms with Gasteiger partial charge >= 0.3 is 0 Å². The minimum absolute atomic E-state index is 0.0315. The molecule has 0 radical (unpaired) electrons. The minimum Gasteiger partial charge on any atom is -0.326 e. The molecule has 1 aliphatic heterocycles. The molecule has 1 fully saturated rings. The van der Waals surface area contributed by atoms with Gasteiger partial charge in [-0.05, 0) is 36.8 Å². The van der Waals surface area contributed by atoms with Crippen LogP contribution < -0.4 is 5.32 Å². The van der Waals surface area contributed by atoms with Crippen molar-refractivity contribution < 1.29 is 13.2 Å². The Bertz CT molecular complexity index is 876. The van der Waals surface area contributed by atoms with Crippen LogP contribution in [-0.4, -0.2) is 56.3 Å². The van der Waals surface area contributed by atoms with Crippen LogP contribution in [-0.2, 0) is 14.8 Å². The van der Waals surface area contributed by atoms with Crippen molar-refractivity contribution in [2.75, 3.05) is 38.0 Å². The zero-order valence-electron chi connectivity index (χ0n) is 15.5. The molecular formula is C20H25N3O3S. The van der Waals surface area contributed by atoms with Gasteiger partial charge in [-0.1, -0.05) is 30.3 Å². The van der Waals surface area contributed by atoms with Gasteiger partial charge in [-0.3, -0.25) is 4.79 Å². The van der Waals surface area contributed by atoms with Crippen LogP contribution in [0.4, 0.5) is 5.69 Å². The number of anilines is 1. The van der Waals surface area contributed by atoms with Gasteiger partial charge in [0.2, 0.25) is 15.9 Å². The molecule has 1 amide bonds. The van der Waals surface area contributed by atoms with Crippen molar-refractivity contribution in [3.8, 4) is 0 Å². The summed E-state index contributed by atoms with van der Waals surface area (Å²) < 4.78 is 27.0. The molecule has 0 spiro atoms. The Morgan fingerprint density at radius 2 is 1.70 bits per heavy atom. The van der Waals surface area contributed by atoms with Crippen LogP contribution in [0, 0.1) is 6.92 Å². The lowest BCUT2D eigenvalue weighted by molar-refractivity contribution is -0.116. The Morgan fingerprint density at radius 1 is 1.00 bits per heavy atom. The van der Waals surface area contributed by atoms with Crippen LogP contribution in [0.5, 0.6) is 0 Å². The number of amides is 1. The molecule has 0 saturated carbocycles. The van der Waals surface area contributed by atoms with Gasteiger partial charge in [0.1, 0.15) is 0 Å². The fraction of sp³-hybridized carbons (Fsp3) is 0.350. The average molecular weight is 388 g/mol. The maximum absolute atomic E-state index is 12.8. The van der Waals surface area contributed by atoms with E-state index in [-0.39, 0.29) is 5.91 Å². The number of hydrogen-bond donors (Lipinski definition) is 1. The zero-order chi connectivity index (χ0) is 19.3. The number of sulfonamides is 1. The van der Waals surface area contributed by atoms with Crippen LogP contribution >= 0.6 is 0 Å². The summed E-state index contributed by atoms with van der Waals surface area (Å²) in [5.41, 5.74) is 1.72. The molecule has 144 valence electrons. The van der Waals surface area contributed by atoms with Gasteiger partial charge < -0.3 is 10.2 Å². The molecule has 1 aliphatic rings. The van der Waals surface area contributed by atoms with E-state index in [1.807, 2.05) is 43.3 Å². The molecule has 0 bridgehead atoms. The molecule has 6 nitrogen and oxygen atoms in total. The first kappa shape index (κ1) is 19.5. The number of benzene rings is 2. The van der Waals surface area contributed by atoms with Crippen LogP contribution in [0.2, 0.25) is 0 Å². The third kappa shape index (κ3) is 5.15. The molecule has 0 atom stereocenters. The van der Waals surface area contributed by atoms with E-state index >= 15 is 0 Å². The fourth-order valence-corrected chi connectivity index (χ4v) is 4.65. The topological polar surface area (TPSA) is 69.7 Å². The van der Waals surface area contributed by atoms with Crippen molar-refractivity contribution in [1.29, 1.82) is 0 Å². The number of carbonyl (C=O) groups is 1. The van der Waals surface area contributed by atoms with Gasteiger partial charge in [0, 0.05) is 44.8 Å². The first-order chi connectivity index (χ1) is 12.9. The molecule has 0 unspecified atom stereocenters. The molecule has 1 heterocycles. The maximum atomic E-state index is 12.8. The van der Waals surface area contributed by atoms with Crippen molar-refractivity contribution in [3.05, 3.63) is 60.2 Å². The normalized spacial score (nSPS) is 16.2. The minimum atomic E-state index is -3.45. The summed E-state index contributed by atoms with van der Waals surface area (Å²) in [6.07, 6.45) is 0.388. The van der Waals surface area contributed by atoms with E-state index in [2.05, 4.69) is 10.2 Å². The molecule has 0 aliphatic carbocycles. The van der Waals surface area contributed by atoms with Crippen LogP contribution in [0.25, 0.3) is 0 Å². The second-order valence-electron chi connectivity index (χ2n) is 6.73. The molecule has 0 aromatic heterocycles. The Balaban J connectivity index is 1.48. The summed E-state index contributed by atoms with van der Waals surface area (Å²) in [6, 6.07) is 16.4. The second kappa shape index (κ2) is 8.65. The van der Waals surface area contributed by atoms with Crippen molar-refractivity contribution in [3.63, 3.8) is 0 Å². The lowest BCUT2D eigenvalue weighted by atomic mass is 10.2. The molecule has 2 aromatic carbocycles. The van der Waals surface area contributed by atoms with E-state index in [1.54, 1.807) is 18.2 Å². The standard InChI is InChI=1S/C20H25N3O3S/c1-17-6-5-9-19(16-17)27(25,26)23-14-12-22(13-15-23)11-10-20(24)21-18-7-3-2-4-8-18/h2-9,16H,10-15H2,1H3,(H,21,24). The van der Waals surface area contributed by atoms with Gasteiger partial charge in [-0.15, -0.1) is 0 Å². The van der Waals surface area contributed by atoms with E-state index in [1.165, 1.54) is 4.31 Å². The summed E-state index contributed by atoms with van der Waals surface area (Å²) in [5.74, 6) is -0.0315. The Kier molecular flexibility index (Phi) is 6.26. The SMILES string of the molecule is Cc1cccc(S(=O)(=O)N2CCN(CCC(=O)Nc3ccccc3)CC2)c1. The summed E-state index contributed by atoms with van der Waals surface area (Å²) in [5, 5.41) is 2.87. The van der Waals surface area contributed by atoms with Gasteiger partial charge in [0.15, 0.2) is 0 Å². The number of nitrogens with one attached hydrogen (secondary N) is 1. The highest BCUT2D eigenvalue weighted by atomic mass is 32.2. The van der Waals surface area contributed by atoms with E-state index in [0.717, 1.165) is 11.3 Å². The summed E-state index contributed by atoms with van der Waals surface area (Å²) in [4.78, 5) is 14.5. The summed E-state index contributed by atoms with van der Waals surface area (Å²) >= 11 is 0. The number of hydrogen-bond acceptors (Lipinski definition) is 4. The first-order valence-corrected chi connectivity index (χ1v) is 10.5. The predicted molar refractivity (Wildman–Crippen MR) is 106 cm³/mol. The number of piperazine rings is 1. The molecule has 7 heteroatoms. The van der Waals surface area contributed by atoms with E-state index in [4.69, 9.17) is 0 Å². The lowest BCUT2D eigenvalue weighted by Gasteiger charge is -2.33. The molecule has 27 heavy (non-hydrogen) atoms. The van der Waals surface area contributed by atoms with Gasteiger partial charge in [0.25, 0.3) is 0 Å². The first-order valence-electron chi connectivity index (χ1n) is 9.09. The van der Waals surface area contributed by atoms with E-state index < -0.39 is 10.0 Å². The van der Waals surface area contributed by atoms with E-state index in [0.29, 0.717) is 44.0 Å². The Hall–Kier alpha value is -2.22. The monoisotopic (exact) mass is 387 g/mol. The summed E-state index contributed by atoms with van der Waals surface area (Å²) in [7, 11) is -3.45. The highest BCUT2D eigenvalue weighted by molar-refractivity contribution is 7.89. The largest absolute Gasteiger partial charge is 0.326 e. The van der Waals surface area contributed by atoms with Crippen molar-refractivity contribution >= 4 is 21.6 Å². The third-order valence-corrected chi connectivity index (χ3v) is 6.57. The van der Waals surface area contributed by atoms with E-state index in [9.17, 15) is 13.2 Å². The fourth-order valence-electron chi connectivity index (χ4n) is 3.12. The van der Waals surface area contributed by atoms with Crippen LogP contribution in [0.1, 0.15) is 12.0 Å². The number of carbonyl (C=O) groups excluding carboxylic acids is 1. The lowest BCUT2D eigenvalue weighted by Crippen LogP contribution is -2.49. The van der Waals surface area contributed by atoms with Crippen LogP contribution in [0.3, 0.4) is 0 Å². The predicted octanol–water partition coefficient (Wildman–Crippen LogP) is 2.33. The number of aryl methyl sites for hydroxylation is 1. The second-order valence-corrected chi connectivity index (χ2v) is 8.66.